The van der Waals surface area contributed by atoms with Crippen molar-refractivity contribution in [2.75, 3.05) is 6.54 Å². The van der Waals surface area contributed by atoms with Crippen LogP contribution in [0.25, 0.3) is 0 Å². The first kappa shape index (κ1) is 12.2. The third kappa shape index (κ3) is 2.82. The van der Waals surface area contributed by atoms with Gasteiger partial charge in [-0.1, -0.05) is 0 Å². The Kier molecular flexibility index (Phi) is 3.65. The summed E-state index contributed by atoms with van der Waals surface area (Å²) in [5, 5.41) is 2.13. The fourth-order valence-corrected chi connectivity index (χ4v) is 0.993. The number of carbonyl (C=O) groups is 2. The summed E-state index contributed by atoms with van der Waals surface area (Å²) >= 11 is 0. The molecule has 86 valence electrons. The Morgan fingerprint density at radius 1 is 1.19 bits per heavy atom. The molecule has 0 fully saturated rings. The Labute approximate surface area is 89.3 Å². The lowest BCUT2D eigenvalue weighted by molar-refractivity contribution is -0.116. The van der Waals surface area contributed by atoms with E-state index < -0.39 is 23.4 Å². The number of rotatable bonds is 3. The van der Waals surface area contributed by atoms with Crippen molar-refractivity contribution in [3.63, 3.8) is 0 Å². The molecule has 6 heteroatoms. The molecular weight excluding hydrogens is 223 g/mol. The molecule has 0 atom stereocenters. The largest absolute Gasteiger partial charge is 0.345 e. The molecule has 1 rings (SSSR count). The Morgan fingerprint density at radius 2 is 1.69 bits per heavy atom. The molecule has 1 aromatic rings. The number of hydrogen-bond donors (Lipinski definition) is 1. The first-order valence-electron chi connectivity index (χ1n) is 4.34. The topological polar surface area (TPSA) is 46.2 Å². The summed E-state index contributed by atoms with van der Waals surface area (Å²) in [4.78, 5) is 21.8. The van der Waals surface area contributed by atoms with Gasteiger partial charge in [0.1, 0.15) is 5.78 Å². The van der Waals surface area contributed by atoms with Gasteiger partial charge in [0.15, 0.2) is 17.5 Å². The highest BCUT2D eigenvalue weighted by molar-refractivity contribution is 5.96. The Bertz CT molecular complexity index is 423. The predicted molar refractivity (Wildman–Crippen MR) is 49.3 cm³/mol. The summed E-state index contributed by atoms with van der Waals surface area (Å²) in [6.45, 7) is 0.992. The Morgan fingerprint density at radius 3 is 2.12 bits per heavy atom. The summed E-state index contributed by atoms with van der Waals surface area (Å²) in [5.41, 5.74) is -0.377. The molecule has 0 saturated carbocycles. The number of ketones is 1. The molecule has 3 nitrogen and oxygen atoms in total. The minimum Gasteiger partial charge on any atom is -0.345 e. The van der Waals surface area contributed by atoms with Crippen molar-refractivity contribution < 1.29 is 22.8 Å². The monoisotopic (exact) mass is 231 g/mol. The molecule has 16 heavy (non-hydrogen) atoms. The van der Waals surface area contributed by atoms with Gasteiger partial charge in [-0.3, -0.25) is 9.59 Å². The van der Waals surface area contributed by atoms with Crippen LogP contribution in [-0.2, 0) is 4.79 Å². The number of hydrogen-bond acceptors (Lipinski definition) is 2. The molecule has 0 saturated heterocycles. The van der Waals surface area contributed by atoms with Crippen LogP contribution in [0.15, 0.2) is 12.1 Å². The van der Waals surface area contributed by atoms with Crippen molar-refractivity contribution in [1.29, 1.82) is 0 Å². The molecule has 0 radical (unpaired) electrons. The molecule has 1 amide bonds. The number of amides is 1. The van der Waals surface area contributed by atoms with Gasteiger partial charge in [0, 0.05) is 5.56 Å². The highest BCUT2D eigenvalue weighted by Gasteiger charge is 2.14. The number of nitrogens with one attached hydrogen (secondary N) is 1. The second-order valence-corrected chi connectivity index (χ2v) is 3.14. The molecule has 1 aromatic carbocycles. The van der Waals surface area contributed by atoms with Crippen LogP contribution in [0.3, 0.4) is 0 Å². The minimum atomic E-state index is -1.64. The van der Waals surface area contributed by atoms with Crippen LogP contribution in [-0.4, -0.2) is 18.2 Å². The molecule has 0 aliphatic carbocycles. The van der Waals surface area contributed by atoms with Crippen LogP contribution in [0.5, 0.6) is 0 Å². The average molecular weight is 231 g/mol. The van der Waals surface area contributed by atoms with Gasteiger partial charge in [0.25, 0.3) is 5.91 Å². The third-order valence-electron chi connectivity index (χ3n) is 1.74. The van der Waals surface area contributed by atoms with Gasteiger partial charge in [-0.15, -0.1) is 0 Å². The first-order valence-corrected chi connectivity index (χ1v) is 4.34. The van der Waals surface area contributed by atoms with Crippen molar-refractivity contribution in [3.05, 3.63) is 35.1 Å². The van der Waals surface area contributed by atoms with Crippen molar-refractivity contribution in [2.45, 2.75) is 6.92 Å². The van der Waals surface area contributed by atoms with Gasteiger partial charge in [-0.25, -0.2) is 13.2 Å². The van der Waals surface area contributed by atoms with Crippen molar-refractivity contribution in [2.24, 2.45) is 0 Å². The van der Waals surface area contributed by atoms with Gasteiger partial charge in [0.05, 0.1) is 6.54 Å². The van der Waals surface area contributed by atoms with E-state index in [0.717, 1.165) is 0 Å². The maximum atomic E-state index is 12.7. The van der Waals surface area contributed by atoms with Crippen LogP contribution in [0.4, 0.5) is 13.2 Å². The lowest BCUT2D eigenvalue weighted by Gasteiger charge is -2.04. The zero-order valence-electron chi connectivity index (χ0n) is 8.31. The van der Waals surface area contributed by atoms with Gasteiger partial charge in [-0.2, -0.15) is 0 Å². The van der Waals surface area contributed by atoms with E-state index in [4.69, 9.17) is 0 Å². The van der Waals surface area contributed by atoms with E-state index in [2.05, 4.69) is 5.32 Å². The maximum Gasteiger partial charge on any atom is 0.251 e. The second-order valence-electron chi connectivity index (χ2n) is 3.14. The van der Waals surface area contributed by atoms with Crippen molar-refractivity contribution >= 4 is 11.7 Å². The van der Waals surface area contributed by atoms with Crippen molar-refractivity contribution in [3.8, 4) is 0 Å². The minimum absolute atomic E-state index is 0.251. The summed E-state index contributed by atoms with van der Waals surface area (Å²) in [7, 11) is 0. The molecular formula is C10H8F3NO2. The average Bonchev–Trinajstić information content (AvgIpc) is 2.21. The Hall–Kier alpha value is -1.85. The molecule has 0 aliphatic rings. The van der Waals surface area contributed by atoms with Gasteiger partial charge < -0.3 is 5.32 Å². The van der Waals surface area contributed by atoms with Crippen LogP contribution in [0.2, 0.25) is 0 Å². The van der Waals surface area contributed by atoms with E-state index in [-0.39, 0.29) is 17.9 Å². The number of halogens is 3. The van der Waals surface area contributed by atoms with Gasteiger partial charge in [0.2, 0.25) is 0 Å². The van der Waals surface area contributed by atoms with E-state index in [9.17, 15) is 22.8 Å². The molecule has 0 spiro atoms. The number of Topliss-reactive ketones (excluding diaryl/α,β-unsaturated/α-hetero) is 1. The molecule has 1 N–H and O–H groups in total. The highest BCUT2D eigenvalue weighted by atomic mass is 19.2. The molecule has 0 unspecified atom stereocenters. The quantitative estimate of drug-likeness (QED) is 0.800. The highest BCUT2D eigenvalue weighted by Crippen LogP contribution is 2.13. The summed E-state index contributed by atoms with van der Waals surface area (Å²) in [6.07, 6.45) is 0. The SMILES string of the molecule is CC(=O)CNC(=O)c1cc(F)c(F)c(F)c1. The summed E-state index contributed by atoms with van der Waals surface area (Å²) in [6, 6.07) is 1.13. The van der Waals surface area contributed by atoms with E-state index in [1.807, 2.05) is 0 Å². The smallest absolute Gasteiger partial charge is 0.251 e. The lowest BCUT2D eigenvalue weighted by atomic mass is 10.2. The normalized spacial score (nSPS) is 10.0. The second kappa shape index (κ2) is 4.78. The van der Waals surface area contributed by atoms with Crippen LogP contribution >= 0.6 is 0 Å². The Balaban J connectivity index is 2.88. The molecule has 0 bridgehead atoms. The van der Waals surface area contributed by atoms with E-state index in [1.54, 1.807) is 0 Å². The first-order chi connectivity index (χ1) is 7.41. The van der Waals surface area contributed by atoms with Crippen LogP contribution in [0.1, 0.15) is 17.3 Å². The lowest BCUT2D eigenvalue weighted by Crippen LogP contribution is -2.28. The zero-order chi connectivity index (χ0) is 12.3. The predicted octanol–water partition coefficient (Wildman–Crippen LogP) is 1.42. The molecule has 0 aromatic heterocycles. The van der Waals surface area contributed by atoms with Crippen molar-refractivity contribution in [1.82, 2.24) is 5.32 Å². The zero-order valence-corrected chi connectivity index (χ0v) is 8.31. The van der Waals surface area contributed by atoms with Crippen LogP contribution < -0.4 is 5.32 Å². The van der Waals surface area contributed by atoms with E-state index in [0.29, 0.717) is 12.1 Å². The molecule has 0 aliphatic heterocycles. The van der Waals surface area contributed by atoms with E-state index >= 15 is 0 Å². The molecule has 0 heterocycles. The van der Waals surface area contributed by atoms with Gasteiger partial charge in [-0.05, 0) is 19.1 Å². The summed E-state index contributed by atoms with van der Waals surface area (Å²) < 4.78 is 38.0. The van der Waals surface area contributed by atoms with Gasteiger partial charge >= 0.3 is 0 Å². The standard InChI is InChI=1S/C10H8F3NO2/c1-5(15)4-14-10(16)6-2-7(11)9(13)8(12)3-6/h2-3H,4H2,1H3,(H,14,16). The third-order valence-corrected chi connectivity index (χ3v) is 1.74. The summed E-state index contributed by atoms with van der Waals surface area (Å²) in [5.74, 6) is -5.69. The fourth-order valence-electron chi connectivity index (χ4n) is 0.993. The number of carbonyl (C=O) groups excluding carboxylic acids is 2. The number of benzene rings is 1. The maximum absolute atomic E-state index is 12.7. The fraction of sp³-hybridized carbons (Fsp3) is 0.200. The van der Waals surface area contributed by atoms with Crippen LogP contribution in [0, 0.1) is 17.5 Å². The van der Waals surface area contributed by atoms with E-state index in [1.165, 1.54) is 6.92 Å².